The third-order valence-corrected chi connectivity index (χ3v) is 19.9. The largest absolute Gasteiger partial charge is 0.494 e. The average Bonchev–Trinajstić information content (AvgIpc) is 3.88. The van der Waals surface area contributed by atoms with Crippen LogP contribution in [-0.4, -0.2) is 34.9 Å². The van der Waals surface area contributed by atoms with Gasteiger partial charge in [0.2, 0.25) is 0 Å². The molecule has 12 rings (SSSR count). The van der Waals surface area contributed by atoms with E-state index in [1.807, 2.05) is 12.1 Å². The summed E-state index contributed by atoms with van der Waals surface area (Å²) in [6.45, 7) is 10.5. The van der Waals surface area contributed by atoms with E-state index in [-0.39, 0.29) is 11.0 Å². The Balaban J connectivity index is 0.904. The third-order valence-electron chi connectivity index (χ3n) is 17.5. The molecule has 9 aromatic rings. The summed E-state index contributed by atoms with van der Waals surface area (Å²) in [5, 5.41) is 19.7. The molecule has 1 N–H and O–H groups in total. The van der Waals surface area contributed by atoms with E-state index in [0.29, 0.717) is 25.2 Å². The van der Waals surface area contributed by atoms with Gasteiger partial charge >= 0.3 is 5.97 Å². The van der Waals surface area contributed by atoms with Crippen molar-refractivity contribution in [1.82, 2.24) is 4.57 Å². The maximum Gasteiger partial charge on any atom is 0.346 e. The zero-order valence-electron chi connectivity index (χ0n) is 47.9. The van der Waals surface area contributed by atoms with Crippen LogP contribution in [0.2, 0.25) is 0 Å². The predicted molar refractivity (Wildman–Crippen MR) is 342 cm³/mol. The zero-order chi connectivity index (χ0) is 56.3. The number of nitrogens with zero attached hydrogens (tertiary/aromatic N) is 4. The number of unbranched alkanes of at least 4 members (excludes halogenated alkanes) is 6. The molecule has 0 amide bonds. The Morgan fingerprint density at radius 2 is 1.27 bits per heavy atom. The molecule has 2 aliphatic carbocycles. The molecule has 0 bridgehead atoms. The highest BCUT2D eigenvalue weighted by atomic mass is 32.1. The monoisotopic (exact) mass is 1120 g/mol. The topological polar surface area (TPSA) is 91.0 Å². The Kier molecular flexibility index (Phi) is 16.2. The summed E-state index contributed by atoms with van der Waals surface area (Å²) < 4.78 is 16.9. The van der Waals surface area contributed by atoms with E-state index in [9.17, 15) is 15.2 Å². The van der Waals surface area contributed by atoms with Crippen molar-refractivity contribution in [3.8, 4) is 44.8 Å². The highest BCUT2D eigenvalue weighted by molar-refractivity contribution is 7.29. The number of ether oxygens (including phenoxy) is 2. The van der Waals surface area contributed by atoms with Gasteiger partial charge in [-0.3, -0.25) is 0 Å². The van der Waals surface area contributed by atoms with Crippen molar-refractivity contribution in [2.45, 2.75) is 141 Å². The Labute approximate surface area is 491 Å². The number of carbonyl (C=O) groups is 1. The van der Waals surface area contributed by atoms with Crippen molar-refractivity contribution in [3.05, 3.63) is 173 Å². The minimum absolute atomic E-state index is 0.0299. The first-order valence-electron chi connectivity index (χ1n) is 30.2. The van der Waals surface area contributed by atoms with E-state index in [1.54, 1.807) is 11.3 Å². The van der Waals surface area contributed by atoms with Crippen LogP contribution in [0.5, 0.6) is 11.5 Å². The van der Waals surface area contributed by atoms with E-state index in [1.165, 1.54) is 125 Å². The van der Waals surface area contributed by atoms with Gasteiger partial charge in [0.05, 0.1) is 33.6 Å². The van der Waals surface area contributed by atoms with Gasteiger partial charge in [0.15, 0.2) is 0 Å². The van der Waals surface area contributed by atoms with E-state index < -0.39 is 5.97 Å². The fourth-order valence-corrected chi connectivity index (χ4v) is 16.2. The summed E-state index contributed by atoms with van der Waals surface area (Å²) in [6, 6.07) is 56.0. The molecule has 3 aromatic heterocycles. The molecule has 1 fully saturated rings. The molecular formula is C72H74N4O4S2. The van der Waals surface area contributed by atoms with Crippen LogP contribution in [0.3, 0.4) is 0 Å². The molecular weight excluding hydrogens is 1050 g/mol. The molecule has 4 heterocycles. The van der Waals surface area contributed by atoms with Crippen molar-refractivity contribution < 1.29 is 19.4 Å². The lowest BCUT2D eigenvalue weighted by molar-refractivity contribution is -0.132. The maximum atomic E-state index is 12.1. The molecule has 82 heavy (non-hydrogen) atoms. The number of fused-ring (bicyclic) bond motifs is 9. The number of aromatic nitrogens is 1. The number of aliphatic carboxylic acids is 1. The van der Waals surface area contributed by atoms with Gasteiger partial charge in [-0.1, -0.05) is 122 Å². The average molecular weight is 1120 g/mol. The van der Waals surface area contributed by atoms with Gasteiger partial charge in [0.25, 0.3) is 0 Å². The lowest BCUT2D eigenvalue weighted by atomic mass is 9.71. The molecule has 2 atom stereocenters. The maximum absolute atomic E-state index is 12.1. The molecule has 6 aromatic carbocycles. The number of carboxylic acid groups (broad SMARTS) is 1. The van der Waals surface area contributed by atoms with E-state index in [0.717, 1.165) is 98.1 Å². The second-order valence-electron chi connectivity index (χ2n) is 22.8. The minimum Gasteiger partial charge on any atom is -0.494 e. The van der Waals surface area contributed by atoms with Gasteiger partial charge in [0.1, 0.15) is 23.1 Å². The summed E-state index contributed by atoms with van der Waals surface area (Å²) in [6.07, 6.45) is 18.9. The van der Waals surface area contributed by atoms with Crippen molar-refractivity contribution in [2.24, 2.45) is 0 Å². The first kappa shape index (κ1) is 55.0. The van der Waals surface area contributed by atoms with Crippen LogP contribution in [0, 0.1) is 11.3 Å². The molecule has 1 aliphatic heterocycles. The summed E-state index contributed by atoms with van der Waals surface area (Å²) in [5.74, 6) is 0.947. The van der Waals surface area contributed by atoms with Crippen LogP contribution in [0.1, 0.15) is 151 Å². The summed E-state index contributed by atoms with van der Waals surface area (Å²) in [7, 11) is 0. The standard InChI is InChI=1S/C72H74N4O4S2/c1-5-9-11-15-40-79-55-32-27-51(28-33-55)74(52-29-34-56(35-30-52)80-41-16-12-10-6-2)50-23-25-53(26-24-50)75-66-45-57(42-49(47-73)71(77)78)81-69(66)70-67(75)46-68(82-70)48-22-37-65-61(43-48)60-19-17-21-64(60)76(65)54-31-36-59-58-18-13-14-20-62(58)72(38-7-3,39-8-4)63(59)44-54/h13-14,18,20,22-37,42-46,60,64H,5-12,15-17,19,21,38-41H2,1-4H3,(H,77,78)/b49-42-. The number of carboxylic acids is 1. The normalized spacial score (nSPS) is 15.8. The second kappa shape index (κ2) is 24.1. The van der Waals surface area contributed by atoms with Crippen LogP contribution in [-0.2, 0) is 10.2 Å². The van der Waals surface area contributed by atoms with Crippen LogP contribution in [0.4, 0.5) is 28.4 Å². The third kappa shape index (κ3) is 10.3. The first-order valence-corrected chi connectivity index (χ1v) is 31.9. The lowest BCUT2D eigenvalue weighted by Crippen LogP contribution is -2.28. The second-order valence-corrected chi connectivity index (χ2v) is 24.9. The van der Waals surface area contributed by atoms with Crippen LogP contribution in [0.25, 0.3) is 53.8 Å². The van der Waals surface area contributed by atoms with Gasteiger partial charge < -0.3 is 28.9 Å². The fraction of sp³-hybridized carbons (Fsp3) is 0.333. The fourth-order valence-electron chi connectivity index (χ4n) is 13.8. The number of hydrogen-bond acceptors (Lipinski definition) is 8. The molecule has 0 radical (unpaired) electrons. The minimum atomic E-state index is -1.23. The molecule has 1 saturated carbocycles. The van der Waals surface area contributed by atoms with E-state index in [4.69, 9.17) is 9.47 Å². The quantitative estimate of drug-likeness (QED) is 0.0366. The summed E-state index contributed by atoms with van der Waals surface area (Å²) in [4.78, 5) is 19.0. The molecule has 2 unspecified atom stereocenters. The van der Waals surface area contributed by atoms with Crippen molar-refractivity contribution in [3.63, 3.8) is 0 Å². The molecule has 0 spiro atoms. The Morgan fingerprint density at radius 3 is 1.90 bits per heavy atom. The number of hydrogen-bond donors (Lipinski definition) is 1. The van der Waals surface area contributed by atoms with Crippen LogP contribution in [0.15, 0.2) is 151 Å². The van der Waals surface area contributed by atoms with Crippen LogP contribution >= 0.6 is 22.7 Å². The van der Waals surface area contributed by atoms with Gasteiger partial charge in [-0.05, 0) is 187 Å². The summed E-state index contributed by atoms with van der Waals surface area (Å²) in [5.41, 5.74) is 16.9. The van der Waals surface area contributed by atoms with E-state index in [2.05, 4.69) is 182 Å². The van der Waals surface area contributed by atoms with Gasteiger partial charge in [-0.2, -0.15) is 5.26 Å². The predicted octanol–water partition coefficient (Wildman–Crippen LogP) is 20.6. The highest BCUT2D eigenvalue weighted by Gasteiger charge is 2.45. The van der Waals surface area contributed by atoms with Gasteiger partial charge in [-0.15, -0.1) is 22.7 Å². The number of nitriles is 1. The van der Waals surface area contributed by atoms with Crippen molar-refractivity contribution in [1.29, 1.82) is 5.26 Å². The smallest absolute Gasteiger partial charge is 0.346 e. The van der Waals surface area contributed by atoms with E-state index >= 15 is 0 Å². The molecule has 8 nitrogen and oxygen atoms in total. The Bertz CT molecular complexity index is 3760. The molecule has 3 aliphatic rings. The Hall–Kier alpha value is -7.58. The van der Waals surface area contributed by atoms with Crippen molar-refractivity contribution >= 4 is 83.6 Å². The number of anilines is 5. The van der Waals surface area contributed by atoms with Crippen LogP contribution < -0.4 is 19.3 Å². The van der Waals surface area contributed by atoms with Gasteiger partial charge in [-0.25, -0.2) is 4.79 Å². The Morgan fingerprint density at radius 1 is 0.659 bits per heavy atom. The molecule has 10 heteroatoms. The number of thiophene rings is 2. The highest BCUT2D eigenvalue weighted by Crippen LogP contribution is 2.58. The summed E-state index contributed by atoms with van der Waals surface area (Å²) >= 11 is 3.33. The number of benzene rings is 6. The van der Waals surface area contributed by atoms with Crippen molar-refractivity contribution in [2.75, 3.05) is 23.0 Å². The number of rotatable bonds is 24. The SMILES string of the molecule is CCCCCCOc1ccc(N(c2ccc(OCCCCCC)cc2)c2ccc(-n3c4cc(/C=C(/C#N)C(=O)O)sc4c4sc(-c5ccc6c(c5)C5CCCC5N6c5ccc6c(c5)C(CCC)(CCC)c5ccccc5-6)cc43)cc2)cc1. The van der Waals surface area contributed by atoms with Gasteiger partial charge in [0, 0.05) is 61.3 Å². The first-order chi connectivity index (χ1) is 40.2. The molecule has 0 saturated heterocycles. The lowest BCUT2D eigenvalue weighted by Gasteiger charge is -2.33. The molecule has 418 valence electrons. The zero-order valence-corrected chi connectivity index (χ0v) is 49.5.